The van der Waals surface area contributed by atoms with Crippen LogP contribution in [0.15, 0.2) is 24.3 Å². The molecule has 1 aromatic carbocycles. The third-order valence-corrected chi connectivity index (χ3v) is 5.04. The molecule has 0 unspecified atom stereocenters. The summed E-state index contributed by atoms with van der Waals surface area (Å²) in [6.45, 7) is 9.95. The van der Waals surface area contributed by atoms with Crippen LogP contribution in [-0.2, 0) is 11.2 Å². The zero-order chi connectivity index (χ0) is 22.3. The Kier molecular flexibility index (Phi) is 8.07. The second-order valence-corrected chi connectivity index (χ2v) is 8.77. The fourth-order valence-electron chi connectivity index (χ4n) is 3.56. The Hall–Kier alpha value is -2.79. The summed E-state index contributed by atoms with van der Waals surface area (Å²) in [6, 6.07) is 9.24. The van der Waals surface area contributed by atoms with E-state index in [0.29, 0.717) is 38.0 Å². The van der Waals surface area contributed by atoms with Crippen molar-refractivity contribution in [3.63, 3.8) is 0 Å². The van der Waals surface area contributed by atoms with Gasteiger partial charge in [-0.1, -0.05) is 12.1 Å². The first-order chi connectivity index (χ1) is 14.1. The molecule has 8 heteroatoms. The number of hydrogen-bond acceptors (Lipinski definition) is 5. The Morgan fingerprint density at radius 3 is 2.50 bits per heavy atom. The molecule has 1 saturated heterocycles. The van der Waals surface area contributed by atoms with E-state index in [2.05, 4.69) is 16.3 Å². The minimum Gasteiger partial charge on any atom is -0.465 e. The molecule has 2 amide bonds. The van der Waals surface area contributed by atoms with E-state index < -0.39 is 17.8 Å². The monoisotopic (exact) mass is 416 g/mol. The van der Waals surface area contributed by atoms with Crippen LogP contribution in [0.2, 0.25) is 0 Å². The van der Waals surface area contributed by atoms with Gasteiger partial charge in [-0.3, -0.25) is 4.90 Å². The molecular weight excluding hydrogens is 384 g/mol. The number of piperazine rings is 1. The largest absolute Gasteiger partial charge is 0.465 e. The summed E-state index contributed by atoms with van der Waals surface area (Å²) in [6.07, 6.45) is -0.00751. The number of alkyl carbamates (subject to hydrolysis) is 1. The highest BCUT2D eigenvalue weighted by Gasteiger charge is 2.27. The molecule has 1 aliphatic rings. The van der Waals surface area contributed by atoms with Gasteiger partial charge in [-0.15, -0.1) is 0 Å². The number of benzene rings is 1. The van der Waals surface area contributed by atoms with E-state index in [1.807, 2.05) is 39.8 Å². The van der Waals surface area contributed by atoms with Crippen LogP contribution in [0.1, 0.15) is 45.2 Å². The lowest BCUT2D eigenvalue weighted by atomic mass is 10.0. The number of ether oxygens (including phenoxy) is 1. The van der Waals surface area contributed by atoms with E-state index in [-0.39, 0.29) is 12.1 Å². The molecule has 0 saturated carbocycles. The van der Waals surface area contributed by atoms with Crippen molar-refractivity contribution in [1.29, 1.82) is 5.26 Å². The minimum atomic E-state index is -0.882. The number of nitriles is 1. The van der Waals surface area contributed by atoms with Crippen molar-refractivity contribution in [2.45, 2.75) is 58.2 Å². The third-order valence-electron chi connectivity index (χ3n) is 5.04. The molecule has 30 heavy (non-hydrogen) atoms. The number of hydrogen-bond donors (Lipinski definition) is 2. The maximum absolute atomic E-state index is 12.3. The average molecular weight is 417 g/mol. The normalized spacial score (nSPS) is 18.4. The lowest BCUT2D eigenvalue weighted by Gasteiger charge is -2.38. The van der Waals surface area contributed by atoms with Gasteiger partial charge >= 0.3 is 12.2 Å². The quantitative estimate of drug-likeness (QED) is 0.738. The first-order valence-electron chi connectivity index (χ1n) is 10.3. The minimum absolute atomic E-state index is 0.0629. The van der Waals surface area contributed by atoms with Crippen LogP contribution in [0.5, 0.6) is 0 Å². The molecule has 1 fully saturated rings. The van der Waals surface area contributed by atoms with E-state index in [1.165, 1.54) is 4.90 Å². The maximum atomic E-state index is 12.3. The number of carboxylic acid groups (broad SMARTS) is 1. The molecule has 2 rings (SSSR count). The Morgan fingerprint density at radius 1 is 1.30 bits per heavy atom. The highest BCUT2D eigenvalue weighted by molar-refractivity contribution is 5.68. The molecule has 1 heterocycles. The standard InChI is InChI=1S/C22H32N4O4/c1-16-15-25(11-12-26(16)21(28)29)10-9-19(24-20(27)30-22(2,3)4)13-17-5-7-18(14-23)8-6-17/h5-8,16,19H,9-13,15H2,1-4H3,(H,24,27)(H,28,29)/t16-,19-/m0/s1. The molecule has 2 atom stereocenters. The highest BCUT2D eigenvalue weighted by Crippen LogP contribution is 2.14. The zero-order valence-electron chi connectivity index (χ0n) is 18.2. The summed E-state index contributed by atoms with van der Waals surface area (Å²) in [4.78, 5) is 27.3. The molecule has 164 valence electrons. The van der Waals surface area contributed by atoms with E-state index in [4.69, 9.17) is 10.00 Å². The molecule has 0 aliphatic carbocycles. The number of amides is 2. The number of rotatable bonds is 6. The van der Waals surface area contributed by atoms with Crippen molar-refractivity contribution in [3.8, 4) is 6.07 Å². The second kappa shape index (κ2) is 10.3. The van der Waals surface area contributed by atoms with E-state index in [9.17, 15) is 14.7 Å². The van der Waals surface area contributed by atoms with Crippen molar-refractivity contribution >= 4 is 12.2 Å². The van der Waals surface area contributed by atoms with Crippen LogP contribution in [0, 0.1) is 11.3 Å². The molecule has 0 aromatic heterocycles. The molecule has 0 bridgehead atoms. The van der Waals surface area contributed by atoms with Gasteiger partial charge in [0.2, 0.25) is 0 Å². The summed E-state index contributed by atoms with van der Waals surface area (Å²) >= 11 is 0. The molecular formula is C22H32N4O4. The van der Waals surface area contributed by atoms with Gasteiger partial charge in [0.1, 0.15) is 5.60 Å². The third kappa shape index (κ3) is 7.56. The van der Waals surface area contributed by atoms with Crippen LogP contribution >= 0.6 is 0 Å². The molecule has 1 aliphatic heterocycles. The molecule has 0 spiro atoms. The average Bonchev–Trinajstić information content (AvgIpc) is 2.65. The maximum Gasteiger partial charge on any atom is 0.407 e. The van der Waals surface area contributed by atoms with Gasteiger partial charge < -0.3 is 20.1 Å². The van der Waals surface area contributed by atoms with Crippen molar-refractivity contribution < 1.29 is 19.4 Å². The van der Waals surface area contributed by atoms with Crippen LogP contribution in [0.3, 0.4) is 0 Å². The molecule has 2 N–H and O–H groups in total. The van der Waals surface area contributed by atoms with Crippen LogP contribution < -0.4 is 5.32 Å². The number of carbonyl (C=O) groups is 2. The predicted molar refractivity (Wildman–Crippen MR) is 113 cm³/mol. The fourth-order valence-corrected chi connectivity index (χ4v) is 3.56. The molecule has 8 nitrogen and oxygen atoms in total. The second-order valence-electron chi connectivity index (χ2n) is 8.77. The fraction of sp³-hybridized carbons (Fsp3) is 0.591. The van der Waals surface area contributed by atoms with Crippen molar-refractivity contribution in [2.24, 2.45) is 0 Å². The SMILES string of the molecule is C[C@H]1CN(CC[C@@H](Cc2ccc(C#N)cc2)NC(=O)OC(C)(C)C)CCN1C(=O)O. The van der Waals surface area contributed by atoms with Crippen LogP contribution in [0.4, 0.5) is 9.59 Å². The summed E-state index contributed by atoms with van der Waals surface area (Å²) in [5.74, 6) is 0. The van der Waals surface area contributed by atoms with E-state index in [1.54, 1.807) is 12.1 Å². The Balaban J connectivity index is 1.99. The lowest BCUT2D eigenvalue weighted by molar-refractivity contribution is 0.0484. The molecule has 1 aromatic rings. The molecule has 0 radical (unpaired) electrons. The van der Waals surface area contributed by atoms with Gasteiger partial charge in [-0.25, -0.2) is 9.59 Å². The smallest absolute Gasteiger partial charge is 0.407 e. The van der Waals surface area contributed by atoms with Crippen LogP contribution in [-0.4, -0.2) is 71.0 Å². The summed E-state index contributed by atoms with van der Waals surface area (Å²) in [5, 5.41) is 21.2. The Morgan fingerprint density at radius 2 is 1.97 bits per heavy atom. The van der Waals surface area contributed by atoms with Gasteiger partial charge in [0.25, 0.3) is 0 Å². The Labute approximate surface area is 178 Å². The lowest BCUT2D eigenvalue weighted by Crippen LogP contribution is -2.54. The van der Waals surface area contributed by atoms with Gasteiger partial charge in [0.15, 0.2) is 0 Å². The summed E-state index contributed by atoms with van der Waals surface area (Å²) < 4.78 is 5.41. The van der Waals surface area contributed by atoms with Crippen molar-refractivity contribution in [3.05, 3.63) is 35.4 Å². The highest BCUT2D eigenvalue weighted by atomic mass is 16.6. The predicted octanol–water partition coefficient (Wildman–Crippen LogP) is 3.07. The first kappa shape index (κ1) is 23.5. The van der Waals surface area contributed by atoms with E-state index >= 15 is 0 Å². The summed E-state index contributed by atoms with van der Waals surface area (Å²) in [5.41, 5.74) is 1.05. The van der Waals surface area contributed by atoms with Gasteiger partial charge in [-0.2, -0.15) is 5.26 Å². The van der Waals surface area contributed by atoms with Crippen molar-refractivity contribution in [2.75, 3.05) is 26.2 Å². The topological polar surface area (TPSA) is 106 Å². The first-order valence-corrected chi connectivity index (χ1v) is 10.3. The summed E-state index contributed by atoms with van der Waals surface area (Å²) in [7, 11) is 0. The zero-order valence-corrected chi connectivity index (χ0v) is 18.2. The van der Waals surface area contributed by atoms with Gasteiger partial charge in [0, 0.05) is 38.3 Å². The van der Waals surface area contributed by atoms with Gasteiger partial charge in [0.05, 0.1) is 11.6 Å². The number of nitrogens with zero attached hydrogens (tertiary/aromatic N) is 3. The van der Waals surface area contributed by atoms with Gasteiger partial charge in [-0.05, 0) is 58.2 Å². The number of carbonyl (C=O) groups excluding carboxylic acids is 1. The Bertz CT molecular complexity index is 767. The van der Waals surface area contributed by atoms with E-state index in [0.717, 1.165) is 12.1 Å². The van der Waals surface area contributed by atoms with Crippen LogP contribution in [0.25, 0.3) is 0 Å². The van der Waals surface area contributed by atoms with Crippen molar-refractivity contribution in [1.82, 2.24) is 15.1 Å². The number of nitrogens with one attached hydrogen (secondary N) is 1.